The number of ketones is 1. The van der Waals surface area contributed by atoms with Gasteiger partial charge in [-0.25, -0.2) is 4.99 Å². The van der Waals surface area contributed by atoms with Crippen LogP contribution in [0.25, 0.3) is 0 Å². The Morgan fingerprint density at radius 1 is 1.44 bits per heavy atom. The molecule has 0 aromatic rings. The van der Waals surface area contributed by atoms with Crippen molar-refractivity contribution in [3.05, 3.63) is 24.0 Å². The zero-order valence-electron chi connectivity index (χ0n) is 9.89. The molecule has 0 spiro atoms. The molecule has 1 aliphatic heterocycles. The van der Waals surface area contributed by atoms with E-state index < -0.39 is 0 Å². The van der Waals surface area contributed by atoms with Crippen LogP contribution in [0.1, 0.15) is 19.3 Å². The van der Waals surface area contributed by atoms with Gasteiger partial charge in [0.15, 0.2) is 17.8 Å². The topological polar surface area (TPSA) is 67.8 Å². The Morgan fingerprint density at radius 3 is 3.06 bits per heavy atom. The third kappa shape index (κ3) is 2.34. The highest BCUT2D eigenvalue weighted by Crippen LogP contribution is 2.28. The molecule has 1 atom stereocenters. The Morgan fingerprint density at radius 2 is 2.28 bits per heavy atom. The third-order valence-electron chi connectivity index (χ3n) is 3.12. The first-order valence-electron chi connectivity index (χ1n) is 6.18. The summed E-state index contributed by atoms with van der Waals surface area (Å²) in [5.74, 6) is 0.826. The maximum absolute atomic E-state index is 11.4. The van der Waals surface area contributed by atoms with Crippen LogP contribution >= 0.6 is 0 Å². The summed E-state index contributed by atoms with van der Waals surface area (Å²) in [6, 6.07) is 0. The summed E-state index contributed by atoms with van der Waals surface area (Å²) in [7, 11) is 0. The van der Waals surface area contributed by atoms with Crippen LogP contribution in [0.2, 0.25) is 0 Å². The zero-order valence-corrected chi connectivity index (χ0v) is 9.89. The maximum Gasteiger partial charge on any atom is 0.223 e. The molecular formula is C13H14N2O3. The second-order valence-corrected chi connectivity index (χ2v) is 4.69. The quantitative estimate of drug-likeness (QED) is 0.743. The smallest absolute Gasteiger partial charge is 0.223 e. The van der Waals surface area contributed by atoms with Gasteiger partial charge in [0.25, 0.3) is 0 Å². The number of rotatable bonds is 4. The highest BCUT2D eigenvalue weighted by Gasteiger charge is 2.30. The van der Waals surface area contributed by atoms with Crippen molar-refractivity contribution < 1.29 is 14.3 Å². The van der Waals surface area contributed by atoms with Crippen molar-refractivity contribution in [1.82, 2.24) is 5.32 Å². The molecule has 1 saturated carbocycles. The van der Waals surface area contributed by atoms with E-state index in [-0.39, 0.29) is 23.8 Å². The lowest BCUT2D eigenvalue weighted by atomic mass is 10.1. The number of hydrogen-bond donors (Lipinski definition) is 1. The van der Waals surface area contributed by atoms with E-state index in [4.69, 9.17) is 4.74 Å². The fourth-order valence-electron chi connectivity index (χ4n) is 1.96. The van der Waals surface area contributed by atoms with E-state index in [1.807, 2.05) is 0 Å². The van der Waals surface area contributed by atoms with E-state index in [9.17, 15) is 9.59 Å². The van der Waals surface area contributed by atoms with Gasteiger partial charge in [0.2, 0.25) is 5.91 Å². The fourth-order valence-corrected chi connectivity index (χ4v) is 1.96. The van der Waals surface area contributed by atoms with Crippen molar-refractivity contribution in [2.24, 2.45) is 10.9 Å². The summed E-state index contributed by atoms with van der Waals surface area (Å²) >= 11 is 0. The molecule has 94 valence electrons. The lowest BCUT2D eigenvalue weighted by molar-refractivity contribution is -0.122. The van der Waals surface area contributed by atoms with Crippen LogP contribution in [-0.2, 0) is 14.3 Å². The van der Waals surface area contributed by atoms with E-state index >= 15 is 0 Å². The summed E-state index contributed by atoms with van der Waals surface area (Å²) in [5.41, 5.74) is 0.716. The molecule has 1 amide bonds. The second kappa shape index (κ2) is 4.40. The van der Waals surface area contributed by atoms with Crippen molar-refractivity contribution in [2.75, 3.05) is 6.54 Å². The Balaban J connectivity index is 1.49. The average Bonchev–Trinajstić information content (AvgIpc) is 3.11. The molecular weight excluding hydrogens is 232 g/mol. The number of amides is 1. The van der Waals surface area contributed by atoms with E-state index in [2.05, 4.69) is 10.3 Å². The van der Waals surface area contributed by atoms with Crippen molar-refractivity contribution in [1.29, 1.82) is 0 Å². The molecule has 5 nitrogen and oxygen atoms in total. The molecule has 0 aromatic carbocycles. The lowest BCUT2D eigenvalue weighted by Gasteiger charge is -2.10. The van der Waals surface area contributed by atoms with Crippen molar-refractivity contribution in [3.63, 3.8) is 0 Å². The molecule has 1 fully saturated rings. The van der Waals surface area contributed by atoms with Crippen molar-refractivity contribution >= 4 is 17.4 Å². The SMILES string of the molecule is O=C1C=CC2=NC(CCNC(=O)C3CC3)OC2=C1. The number of nitrogens with one attached hydrogen (secondary N) is 1. The van der Waals surface area contributed by atoms with Crippen LogP contribution in [0.15, 0.2) is 29.0 Å². The first kappa shape index (κ1) is 11.2. The number of hydrogen-bond acceptors (Lipinski definition) is 4. The molecule has 0 saturated heterocycles. The van der Waals surface area contributed by atoms with E-state index in [1.54, 1.807) is 6.08 Å². The van der Waals surface area contributed by atoms with Gasteiger partial charge in [-0.2, -0.15) is 0 Å². The van der Waals surface area contributed by atoms with Gasteiger partial charge >= 0.3 is 0 Å². The highest BCUT2D eigenvalue weighted by atomic mass is 16.5. The fraction of sp³-hybridized carbons (Fsp3) is 0.462. The number of aliphatic imine (C=N–C) groups is 1. The van der Waals surface area contributed by atoms with Gasteiger partial charge in [-0.1, -0.05) is 0 Å². The number of carbonyl (C=O) groups is 2. The van der Waals surface area contributed by atoms with E-state index in [0.717, 1.165) is 12.8 Å². The Kier molecular flexibility index (Phi) is 2.74. The summed E-state index contributed by atoms with van der Waals surface area (Å²) in [5, 5.41) is 2.87. The first-order valence-corrected chi connectivity index (χ1v) is 6.18. The number of fused-ring (bicyclic) bond motifs is 1. The number of allylic oxidation sites excluding steroid dienone is 3. The molecule has 1 N–H and O–H groups in total. The summed E-state index contributed by atoms with van der Waals surface area (Å²) < 4.78 is 5.53. The molecule has 3 aliphatic rings. The molecule has 1 heterocycles. The summed E-state index contributed by atoms with van der Waals surface area (Å²) in [4.78, 5) is 26.9. The molecule has 2 aliphatic carbocycles. The van der Waals surface area contributed by atoms with E-state index in [1.165, 1.54) is 12.2 Å². The average molecular weight is 246 g/mol. The van der Waals surface area contributed by atoms with Crippen LogP contribution in [0.5, 0.6) is 0 Å². The van der Waals surface area contributed by atoms with Crippen molar-refractivity contribution in [3.8, 4) is 0 Å². The number of carbonyl (C=O) groups excluding carboxylic acids is 2. The number of ether oxygens (including phenoxy) is 1. The predicted octanol–water partition coefficient (Wildman–Crippen LogP) is 0.723. The van der Waals surface area contributed by atoms with Crippen molar-refractivity contribution in [2.45, 2.75) is 25.5 Å². The molecule has 0 radical (unpaired) electrons. The van der Waals surface area contributed by atoms with Crippen LogP contribution in [0.4, 0.5) is 0 Å². The molecule has 0 aromatic heterocycles. The van der Waals surface area contributed by atoms with Gasteiger partial charge in [-0.05, 0) is 25.0 Å². The van der Waals surface area contributed by atoms with Gasteiger partial charge in [0, 0.05) is 25.0 Å². The standard InChI is InChI=1S/C13H14N2O3/c16-9-3-4-10-11(7-9)18-12(15-10)5-6-14-13(17)8-1-2-8/h3-4,7-8,12H,1-2,5-6H2,(H,14,17). The molecule has 18 heavy (non-hydrogen) atoms. The Hall–Kier alpha value is -1.91. The summed E-state index contributed by atoms with van der Waals surface area (Å²) in [6.45, 7) is 0.557. The van der Waals surface area contributed by atoms with Gasteiger partial charge < -0.3 is 10.1 Å². The van der Waals surface area contributed by atoms with Crippen LogP contribution < -0.4 is 5.32 Å². The maximum atomic E-state index is 11.4. The van der Waals surface area contributed by atoms with Gasteiger partial charge in [0.05, 0.1) is 0 Å². The van der Waals surface area contributed by atoms with E-state index in [0.29, 0.717) is 24.4 Å². The second-order valence-electron chi connectivity index (χ2n) is 4.69. The Bertz CT molecular complexity index is 486. The number of nitrogens with zero attached hydrogens (tertiary/aromatic N) is 1. The Labute approximate surface area is 105 Å². The minimum absolute atomic E-state index is 0.0772. The lowest BCUT2D eigenvalue weighted by Crippen LogP contribution is -2.27. The third-order valence-corrected chi connectivity index (χ3v) is 3.12. The van der Waals surface area contributed by atoms with Gasteiger partial charge in [-0.15, -0.1) is 0 Å². The van der Waals surface area contributed by atoms with Crippen LogP contribution in [0, 0.1) is 5.92 Å². The van der Waals surface area contributed by atoms with Crippen LogP contribution in [0.3, 0.4) is 0 Å². The molecule has 3 rings (SSSR count). The monoisotopic (exact) mass is 246 g/mol. The highest BCUT2D eigenvalue weighted by molar-refractivity contribution is 6.19. The van der Waals surface area contributed by atoms with Gasteiger partial charge in [-0.3, -0.25) is 9.59 Å². The minimum atomic E-state index is -0.290. The van der Waals surface area contributed by atoms with Gasteiger partial charge in [0.1, 0.15) is 5.71 Å². The molecule has 1 unspecified atom stereocenters. The normalized spacial score (nSPS) is 25.1. The minimum Gasteiger partial charge on any atom is -0.466 e. The molecule has 0 bridgehead atoms. The van der Waals surface area contributed by atoms with Crippen LogP contribution in [-0.4, -0.2) is 30.2 Å². The summed E-state index contributed by atoms with van der Waals surface area (Å²) in [6.07, 6.45) is 6.94. The largest absolute Gasteiger partial charge is 0.466 e. The predicted molar refractivity (Wildman–Crippen MR) is 64.9 cm³/mol. The first-order chi connectivity index (χ1) is 8.72. The molecule has 5 heteroatoms. The zero-order chi connectivity index (χ0) is 12.5.